The number of carbonyl (C=O) groups excluding carboxylic acids is 2. The molecule has 2 heterocycles. The van der Waals surface area contributed by atoms with Crippen LogP contribution in [0.2, 0.25) is 5.02 Å². The van der Waals surface area contributed by atoms with Crippen LogP contribution in [0.1, 0.15) is 13.3 Å². The zero-order chi connectivity index (χ0) is 23.7. The van der Waals surface area contributed by atoms with Crippen molar-refractivity contribution in [2.24, 2.45) is 5.92 Å². The molecule has 0 unspecified atom stereocenters. The van der Waals surface area contributed by atoms with Crippen LogP contribution >= 0.6 is 11.6 Å². The number of hydrogen-bond donors (Lipinski definition) is 0. The number of hydrogen-bond acceptors (Lipinski definition) is 6. The Morgan fingerprint density at radius 2 is 1.97 bits per heavy atom. The van der Waals surface area contributed by atoms with E-state index < -0.39 is 17.5 Å². The predicted molar refractivity (Wildman–Crippen MR) is 120 cm³/mol. The van der Waals surface area contributed by atoms with E-state index in [1.165, 1.54) is 37.4 Å². The summed E-state index contributed by atoms with van der Waals surface area (Å²) in [6, 6.07) is 10.1. The number of halogens is 2. The number of ether oxygens (including phenoxy) is 2. The number of methoxy groups -OCH3 is 1. The molecular formula is C24H21ClFNO6. The van der Waals surface area contributed by atoms with E-state index in [9.17, 15) is 18.8 Å². The first-order valence-electron chi connectivity index (χ1n) is 10.3. The van der Waals surface area contributed by atoms with Crippen molar-refractivity contribution < 1.29 is 27.9 Å². The first-order valence-corrected chi connectivity index (χ1v) is 10.7. The molecule has 33 heavy (non-hydrogen) atoms. The van der Waals surface area contributed by atoms with Gasteiger partial charge in [-0.1, -0.05) is 11.6 Å². The van der Waals surface area contributed by atoms with E-state index in [0.717, 1.165) is 0 Å². The minimum absolute atomic E-state index is 0.164. The first kappa shape index (κ1) is 22.8. The van der Waals surface area contributed by atoms with Gasteiger partial charge in [-0.05, 0) is 43.7 Å². The van der Waals surface area contributed by atoms with E-state index in [4.69, 9.17) is 25.5 Å². The van der Waals surface area contributed by atoms with E-state index in [1.54, 1.807) is 24.0 Å². The Hall–Kier alpha value is -3.39. The van der Waals surface area contributed by atoms with E-state index >= 15 is 0 Å². The third kappa shape index (κ3) is 4.71. The largest absolute Gasteiger partial charge is 0.481 e. The van der Waals surface area contributed by atoms with Gasteiger partial charge >= 0.3 is 11.6 Å². The second kappa shape index (κ2) is 9.23. The zero-order valence-electron chi connectivity index (χ0n) is 18.0. The molecular weight excluding hydrogens is 453 g/mol. The summed E-state index contributed by atoms with van der Waals surface area (Å²) < 4.78 is 29.3. The average Bonchev–Trinajstić information content (AvgIpc) is 3.27. The van der Waals surface area contributed by atoms with Crippen LogP contribution in [-0.2, 0) is 14.3 Å². The van der Waals surface area contributed by atoms with Gasteiger partial charge in [0.1, 0.15) is 17.1 Å². The number of amides is 1. The molecule has 1 aliphatic rings. The van der Waals surface area contributed by atoms with Crippen molar-refractivity contribution in [3.63, 3.8) is 0 Å². The van der Waals surface area contributed by atoms with E-state index in [2.05, 4.69) is 0 Å². The van der Waals surface area contributed by atoms with Crippen LogP contribution in [0.4, 0.5) is 4.39 Å². The summed E-state index contributed by atoms with van der Waals surface area (Å²) in [6.45, 7) is 2.34. The van der Waals surface area contributed by atoms with Gasteiger partial charge in [-0.15, -0.1) is 0 Å². The van der Waals surface area contributed by atoms with Crippen LogP contribution < -0.4 is 10.4 Å². The first-order chi connectivity index (χ1) is 15.8. The number of carbonyl (C=O) groups is 2. The normalized spacial score (nSPS) is 16.6. The molecule has 2 aromatic carbocycles. The van der Waals surface area contributed by atoms with Crippen molar-refractivity contribution in [1.82, 2.24) is 4.90 Å². The standard InChI is InChI=1S/C24H21ClFNO6/c1-13(23(29)27-8-7-14(12-27)24(30)31-2)32-16-4-6-18-19(11-22(28)33-21(18)10-16)17-5-3-15(26)9-20(17)25/h3-6,9-11,13-14H,7-8,12H2,1-2H3/t13-,14+/m1/s1. The fourth-order valence-corrected chi connectivity index (χ4v) is 4.25. The molecule has 3 aromatic rings. The Morgan fingerprint density at radius 3 is 2.70 bits per heavy atom. The second-order valence-corrected chi connectivity index (χ2v) is 8.22. The van der Waals surface area contributed by atoms with Crippen LogP contribution in [0.5, 0.6) is 5.75 Å². The molecule has 4 rings (SSSR count). The summed E-state index contributed by atoms with van der Waals surface area (Å²) in [5.41, 5.74) is 0.613. The second-order valence-electron chi connectivity index (χ2n) is 7.81. The van der Waals surface area contributed by atoms with Crippen LogP contribution in [0.15, 0.2) is 51.7 Å². The molecule has 1 aliphatic heterocycles. The molecule has 0 radical (unpaired) electrons. The van der Waals surface area contributed by atoms with Crippen LogP contribution in [-0.4, -0.2) is 43.1 Å². The van der Waals surface area contributed by atoms with Gasteiger partial charge in [0, 0.05) is 41.7 Å². The van der Waals surface area contributed by atoms with Crippen molar-refractivity contribution in [2.75, 3.05) is 20.2 Å². The van der Waals surface area contributed by atoms with E-state index in [-0.39, 0.29) is 34.9 Å². The molecule has 0 bridgehead atoms. The Labute approximate surface area is 193 Å². The van der Waals surface area contributed by atoms with Gasteiger partial charge in [-0.2, -0.15) is 0 Å². The van der Waals surface area contributed by atoms with E-state index in [1.807, 2.05) is 0 Å². The SMILES string of the molecule is COC(=O)[C@H]1CCN(C(=O)[C@@H](C)Oc2ccc3c(-c4ccc(F)cc4Cl)cc(=O)oc3c2)C1. The topological polar surface area (TPSA) is 86.0 Å². The molecule has 1 aromatic heterocycles. The highest BCUT2D eigenvalue weighted by Gasteiger charge is 2.34. The Kier molecular flexibility index (Phi) is 6.37. The maximum absolute atomic E-state index is 13.5. The van der Waals surface area contributed by atoms with Crippen LogP contribution in [0, 0.1) is 11.7 Å². The molecule has 0 aliphatic carbocycles. The average molecular weight is 474 g/mol. The van der Waals surface area contributed by atoms with Crippen LogP contribution in [0.25, 0.3) is 22.1 Å². The number of benzene rings is 2. The predicted octanol–water partition coefficient (Wildman–Crippen LogP) is 4.04. The summed E-state index contributed by atoms with van der Waals surface area (Å²) in [5.74, 6) is -1.08. The summed E-state index contributed by atoms with van der Waals surface area (Å²) in [5, 5.41) is 0.743. The van der Waals surface area contributed by atoms with Gasteiger partial charge < -0.3 is 18.8 Å². The van der Waals surface area contributed by atoms with Crippen molar-refractivity contribution >= 4 is 34.4 Å². The number of nitrogens with zero attached hydrogens (tertiary/aromatic N) is 1. The van der Waals surface area contributed by atoms with Gasteiger partial charge in [-0.25, -0.2) is 9.18 Å². The highest BCUT2D eigenvalue weighted by molar-refractivity contribution is 6.33. The molecule has 7 nitrogen and oxygen atoms in total. The lowest BCUT2D eigenvalue weighted by Gasteiger charge is -2.21. The molecule has 172 valence electrons. The summed E-state index contributed by atoms with van der Waals surface area (Å²) in [4.78, 5) is 38.2. The van der Waals surface area contributed by atoms with Gasteiger partial charge in [0.05, 0.1) is 18.1 Å². The van der Waals surface area contributed by atoms with Crippen molar-refractivity contribution in [1.29, 1.82) is 0 Å². The number of likely N-dealkylation sites (tertiary alicyclic amines) is 1. The van der Waals surface area contributed by atoms with Gasteiger partial charge in [-0.3, -0.25) is 9.59 Å². The Balaban J connectivity index is 1.57. The quantitative estimate of drug-likeness (QED) is 0.410. The molecule has 1 saturated heterocycles. The highest BCUT2D eigenvalue weighted by atomic mass is 35.5. The monoisotopic (exact) mass is 473 g/mol. The number of fused-ring (bicyclic) bond motifs is 1. The maximum Gasteiger partial charge on any atom is 0.336 e. The molecule has 0 spiro atoms. The molecule has 1 amide bonds. The zero-order valence-corrected chi connectivity index (χ0v) is 18.7. The Morgan fingerprint density at radius 1 is 1.18 bits per heavy atom. The van der Waals surface area contributed by atoms with Crippen molar-refractivity contribution in [3.05, 3.63) is 63.7 Å². The lowest BCUT2D eigenvalue weighted by atomic mass is 10.0. The van der Waals surface area contributed by atoms with Gasteiger partial charge in [0.2, 0.25) is 0 Å². The fourth-order valence-electron chi connectivity index (χ4n) is 3.98. The minimum Gasteiger partial charge on any atom is -0.481 e. The highest BCUT2D eigenvalue weighted by Crippen LogP contribution is 2.34. The maximum atomic E-state index is 13.5. The van der Waals surface area contributed by atoms with Crippen molar-refractivity contribution in [2.45, 2.75) is 19.4 Å². The summed E-state index contributed by atoms with van der Waals surface area (Å²) >= 11 is 6.18. The molecule has 2 atom stereocenters. The number of rotatable bonds is 5. The number of esters is 1. The summed E-state index contributed by atoms with van der Waals surface area (Å²) in [7, 11) is 1.33. The molecule has 1 fully saturated rings. The lowest BCUT2D eigenvalue weighted by molar-refractivity contribution is -0.145. The Bertz CT molecular complexity index is 1290. The third-order valence-corrected chi connectivity index (χ3v) is 5.95. The molecule has 0 saturated carbocycles. The molecule has 0 N–H and O–H groups in total. The third-order valence-electron chi connectivity index (χ3n) is 5.63. The fraction of sp³-hybridized carbons (Fsp3) is 0.292. The lowest BCUT2D eigenvalue weighted by Crippen LogP contribution is -2.39. The smallest absolute Gasteiger partial charge is 0.336 e. The van der Waals surface area contributed by atoms with E-state index in [0.29, 0.717) is 35.2 Å². The van der Waals surface area contributed by atoms with Crippen molar-refractivity contribution in [3.8, 4) is 16.9 Å². The van der Waals surface area contributed by atoms with Crippen LogP contribution in [0.3, 0.4) is 0 Å². The minimum atomic E-state index is -0.819. The summed E-state index contributed by atoms with van der Waals surface area (Å²) in [6.07, 6.45) is -0.277. The molecule has 9 heteroatoms. The van der Waals surface area contributed by atoms with Gasteiger partial charge in [0.25, 0.3) is 5.91 Å². The van der Waals surface area contributed by atoms with Gasteiger partial charge in [0.15, 0.2) is 6.10 Å².